The number of carbonyl (C=O) groups is 7. The van der Waals surface area contributed by atoms with Crippen molar-refractivity contribution in [2.75, 3.05) is 6.54 Å². The number of fused-ring (bicyclic) bond motifs is 2. The van der Waals surface area contributed by atoms with Gasteiger partial charge in [0, 0.05) is 31.2 Å². The van der Waals surface area contributed by atoms with Gasteiger partial charge in [-0.1, -0.05) is 50.6 Å². The maximum atomic E-state index is 14.7. The predicted octanol–water partition coefficient (Wildman–Crippen LogP) is -0.588. The molecule has 56 heavy (non-hydrogen) atoms. The van der Waals surface area contributed by atoms with Crippen LogP contribution in [0.5, 0.6) is 0 Å². The van der Waals surface area contributed by atoms with Crippen LogP contribution in [-0.2, 0) is 35.2 Å². The second kappa shape index (κ2) is 18.5. The minimum atomic E-state index is -1.53. The molecule has 1 aromatic carbocycles. The first-order valence-electron chi connectivity index (χ1n) is 19.2. The van der Waals surface area contributed by atoms with Gasteiger partial charge in [-0.25, -0.2) is 9.97 Å². The summed E-state index contributed by atoms with van der Waals surface area (Å²) in [7, 11) is 0. The van der Waals surface area contributed by atoms with Crippen molar-refractivity contribution < 1.29 is 38.7 Å². The van der Waals surface area contributed by atoms with Gasteiger partial charge < -0.3 is 41.9 Å². The standard InChI is InChI=1S/C39H53N9O8/c1-20(2)14-29-36(53)47-32(23(5)49)38(55)46-30(15-24-10-7-6-8-11-24)39(56)48-18-25(43-35(52)27-17-40-19-41-21(27)3)16-31(48)37(54)42-22(4)33(50)44-28-13-9-12-26(28)34(51)45-29/h6-8,10-11,17,19-20,22-23,25-26,28-32,49H,9,12-16,18H2,1-5H3,(H,42,54)(H,43,52)(H,44,50)(H,45,51)(H,46,55)(H,47,53)/t22-,23+,25+,26+,28+,29-,30-,31?,32-/m0/s1. The third kappa shape index (κ3) is 10.2. The molecule has 2 saturated heterocycles. The van der Waals surface area contributed by atoms with Gasteiger partial charge in [0.2, 0.25) is 35.4 Å². The number of hydrogen-bond acceptors (Lipinski definition) is 10. The molecule has 3 heterocycles. The van der Waals surface area contributed by atoms with Crippen molar-refractivity contribution in [2.45, 2.75) is 122 Å². The second-order valence-electron chi connectivity index (χ2n) is 15.5. The van der Waals surface area contributed by atoms with Gasteiger partial charge in [0.05, 0.1) is 23.3 Å². The number of nitrogens with zero attached hydrogens (tertiary/aromatic N) is 3. The van der Waals surface area contributed by atoms with Gasteiger partial charge in [-0.05, 0) is 57.9 Å². The molecule has 302 valence electrons. The van der Waals surface area contributed by atoms with Crippen LogP contribution >= 0.6 is 0 Å². The fourth-order valence-corrected chi connectivity index (χ4v) is 7.59. The number of aromatic nitrogens is 2. The van der Waals surface area contributed by atoms with E-state index in [9.17, 15) is 38.7 Å². The van der Waals surface area contributed by atoms with E-state index in [0.29, 0.717) is 30.5 Å². The second-order valence-corrected chi connectivity index (χ2v) is 15.5. The molecule has 5 rings (SSSR count). The molecule has 0 spiro atoms. The molecule has 17 heteroatoms. The maximum Gasteiger partial charge on any atom is 0.254 e. The van der Waals surface area contributed by atoms with Crippen molar-refractivity contribution in [3.05, 3.63) is 59.7 Å². The molecular formula is C39H53N9O8. The molecule has 0 radical (unpaired) electrons. The first-order valence-corrected chi connectivity index (χ1v) is 19.2. The van der Waals surface area contributed by atoms with E-state index in [0.717, 1.165) is 0 Å². The van der Waals surface area contributed by atoms with Crippen LogP contribution in [-0.4, -0.2) is 116 Å². The Hall–Kier alpha value is -5.45. The fourth-order valence-electron chi connectivity index (χ4n) is 7.59. The van der Waals surface area contributed by atoms with Crippen LogP contribution < -0.4 is 31.9 Å². The predicted molar refractivity (Wildman–Crippen MR) is 202 cm³/mol. The van der Waals surface area contributed by atoms with Gasteiger partial charge in [0.15, 0.2) is 0 Å². The van der Waals surface area contributed by atoms with Crippen LogP contribution in [0.2, 0.25) is 0 Å². The Kier molecular flexibility index (Phi) is 13.7. The lowest BCUT2D eigenvalue weighted by molar-refractivity contribution is -0.143. The van der Waals surface area contributed by atoms with E-state index in [4.69, 9.17) is 0 Å². The lowest BCUT2D eigenvalue weighted by Crippen LogP contribution is -2.61. The Labute approximate surface area is 325 Å². The third-order valence-corrected chi connectivity index (χ3v) is 10.6. The number of carbonyl (C=O) groups excluding carboxylic acids is 7. The van der Waals surface area contributed by atoms with Crippen LogP contribution in [0.4, 0.5) is 0 Å². The van der Waals surface area contributed by atoms with Crippen LogP contribution in [0.3, 0.4) is 0 Å². The fraction of sp³-hybridized carbons (Fsp3) is 0.564. The van der Waals surface area contributed by atoms with Crippen molar-refractivity contribution >= 4 is 41.4 Å². The first kappa shape index (κ1) is 41.7. The normalized spacial score (nSPS) is 28.7. The summed E-state index contributed by atoms with van der Waals surface area (Å²) >= 11 is 0. The number of benzene rings is 1. The van der Waals surface area contributed by atoms with E-state index < -0.39 is 95.7 Å². The molecule has 7 N–H and O–H groups in total. The van der Waals surface area contributed by atoms with Crippen molar-refractivity contribution in [3.63, 3.8) is 0 Å². The van der Waals surface area contributed by atoms with Crippen LogP contribution in [0.25, 0.3) is 0 Å². The van der Waals surface area contributed by atoms with E-state index in [2.05, 4.69) is 41.9 Å². The molecule has 1 saturated carbocycles. The maximum absolute atomic E-state index is 14.7. The number of aliphatic hydroxyl groups is 1. The SMILES string of the molecule is Cc1ncncc1C(=O)N[C@@H]1CC2C(=O)N[C@@H](C)C(=O)N[C@@H]3CCC[C@H]3C(=O)N[C@@H](CC(C)C)C(=O)N[C@@H]([C@@H](C)O)C(=O)N[C@@H](Cc3ccccc3)C(=O)N2C1. The average molecular weight is 776 g/mol. The third-order valence-electron chi connectivity index (χ3n) is 10.6. The smallest absolute Gasteiger partial charge is 0.254 e. The minimum absolute atomic E-state index is 0.0230. The number of nitrogens with one attached hydrogen (secondary N) is 6. The van der Waals surface area contributed by atoms with E-state index >= 15 is 0 Å². The molecule has 17 nitrogen and oxygen atoms in total. The largest absolute Gasteiger partial charge is 0.391 e. The lowest BCUT2D eigenvalue weighted by Gasteiger charge is -2.31. The molecular weight excluding hydrogens is 722 g/mol. The zero-order chi connectivity index (χ0) is 40.7. The van der Waals surface area contributed by atoms with E-state index in [1.807, 2.05) is 13.8 Å². The average Bonchev–Trinajstić information content (AvgIpc) is 3.80. The summed E-state index contributed by atoms with van der Waals surface area (Å²) in [6, 6.07) is 1.40. The van der Waals surface area contributed by atoms with Gasteiger partial charge in [-0.15, -0.1) is 0 Å². The van der Waals surface area contributed by atoms with E-state index in [1.165, 1.54) is 31.3 Å². The van der Waals surface area contributed by atoms with Crippen molar-refractivity contribution in [3.8, 4) is 0 Å². The summed E-state index contributed by atoms with van der Waals surface area (Å²) in [6.07, 6.45) is 3.03. The minimum Gasteiger partial charge on any atom is -0.391 e. The molecule has 1 unspecified atom stereocenters. The van der Waals surface area contributed by atoms with Gasteiger partial charge in [0.25, 0.3) is 5.91 Å². The highest BCUT2D eigenvalue weighted by atomic mass is 16.3. The summed E-state index contributed by atoms with van der Waals surface area (Å²) in [5, 5.41) is 27.4. The van der Waals surface area contributed by atoms with Gasteiger partial charge in [0.1, 0.15) is 36.5 Å². The first-order chi connectivity index (χ1) is 26.6. The zero-order valence-electron chi connectivity index (χ0n) is 32.4. The Morgan fingerprint density at radius 1 is 0.893 bits per heavy atom. The molecule has 2 aliphatic heterocycles. The number of hydrogen-bond donors (Lipinski definition) is 7. The van der Waals surface area contributed by atoms with Crippen LogP contribution in [0.15, 0.2) is 42.9 Å². The monoisotopic (exact) mass is 775 g/mol. The van der Waals surface area contributed by atoms with Gasteiger partial charge in [-0.2, -0.15) is 0 Å². The Morgan fingerprint density at radius 3 is 2.29 bits per heavy atom. The van der Waals surface area contributed by atoms with E-state index in [-0.39, 0.29) is 37.3 Å². The number of aliphatic hydroxyl groups excluding tert-OH is 1. The highest BCUT2D eigenvalue weighted by Crippen LogP contribution is 2.27. The molecule has 1 aromatic heterocycles. The van der Waals surface area contributed by atoms with Crippen molar-refractivity contribution in [2.24, 2.45) is 11.8 Å². The van der Waals surface area contributed by atoms with Crippen molar-refractivity contribution in [1.29, 1.82) is 0 Å². The summed E-state index contributed by atoms with van der Waals surface area (Å²) in [5.74, 6) is -5.08. The number of rotatable bonds is 7. The van der Waals surface area contributed by atoms with Gasteiger partial charge >= 0.3 is 0 Å². The molecule has 0 bridgehead atoms. The summed E-state index contributed by atoms with van der Waals surface area (Å²) in [4.78, 5) is 106. The Balaban J connectivity index is 1.52. The molecule has 9 atom stereocenters. The topological polar surface area (TPSA) is 241 Å². The summed E-state index contributed by atoms with van der Waals surface area (Å²) in [5.41, 5.74) is 1.31. The number of aryl methyl sites for hydroxylation is 1. The highest BCUT2D eigenvalue weighted by molar-refractivity contribution is 5.98. The molecule has 3 aliphatic rings. The molecule has 2 aromatic rings. The molecule has 7 amide bonds. The van der Waals surface area contributed by atoms with Gasteiger partial charge in [-0.3, -0.25) is 33.6 Å². The zero-order valence-corrected chi connectivity index (χ0v) is 32.4. The lowest BCUT2D eigenvalue weighted by atomic mass is 9.98. The summed E-state index contributed by atoms with van der Waals surface area (Å²) in [6.45, 7) is 8.10. The Morgan fingerprint density at radius 2 is 1.61 bits per heavy atom. The Bertz CT molecular complexity index is 1790. The van der Waals surface area contributed by atoms with Crippen LogP contribution in [0, 0.1) is 18.8 Å². The highest BCUT2D eigenvalue weighted by Gasteiger charge is 2.45. The molecule has 1 aliphatic carbocycles. The molecule has 3 fully saturated rings. The van der Waals surface area contributed by atoms with Crippen LogP contribution in [0.1, 0.15) is 81.4 Å². The van der Waals surface area contributed by atoms with E-state index in [1.54, 1.807) is 37.3 Å². The van der Waals surface area contributed by atoms with Crippen molar-refractivity contribution in [1.82, 2.24) is 46.8 Å². The number of amides is 7. The quantitative estimate of drug-likeness (QED) is 0.189. The summed E-state index contributed by atoms with van der Waals surface area (Å²) < 4.78 is 0.